The third-order valence-corrected chi connectivity index (χ3v) is 7.64. The molecule has 242 valence electrons. The molecule has 0 fully saturated rings. The second-order valence-electron chi connectivity index (χ2n) is 11.6. The van der Waals surface area contributed by atoms with Gasteiger partial charge in [-0.1, -0.05) is 91.0 Å². The summed E-state index contributed by atoms with van der Waals surface area (Å²) in [5.41, 5.74) is 5.26. The Morgan fingerprint density at radius 3 is 2.44 bits per heavy atom. The topological polar surface area (TPSA) is 92.5 Å². The molecule has 2 N–H and O–H groups in total. The number of halogens is 1. The zero-order valence-electron chi connectivity index (χ0n) is 26.8. The molecule has 2 heterocycles. The molecule has 1 atom stereocenters. The van der Waals surface area contributed by atoms with Gasteiger partial charge in [0.05, 0.1) is 24.6 Å². The smallest absolute Gasteiger partial charge is 0.248 e. The monoisotopic (exact) mass is 641 g/mol. The van der Waals surface area contributed by atoms with Gasteiger partial charge in [0, 0.05) is 29.4 Å². The van der Waals surface area contributed by atoms with E-state index in [1.807, 2.05) is 116 Å². The minimum atomic E-state index is -0.305. The number of nitrogens with one attached hydrogen (secondary N) is 2. The van der Waals surface area contributed by atoms with Crippen molar-refractivity contribution in [3.05, 3.63) is 145 Å². The van der Waals surface area contributed by atoms with E-state index in [9.17, 15) is 9.18 Å². The molecular formula is C39H36FN5O3. The van der Waals surface area contributed by atoms with Crippen molar-refractivity contribution in [2.45, 2.75) is 12.6 Å². The number of hydrogen-bond acceptors (Lipinski definition) is 7. The number of furan rings is 1. The molecule has 0 aliphatic heterocycles. The highest BCUT2D eigenvalue weighted by atomic mass is 19.1. The van der Waals surface area contributed by atoms with Crippen LogP contribution >= 0.6 is 0 Å². The Morgan fingerprint density at radius 1 is 0.917 bits per heavy atom. The van der Waals surface area contributed by atoms with E-state index < -0.39 is 0 Å². The minimum absolute atomic E-state index is 0.219. The van der Waals surface area contributed by atoms with E-state index >= 15 is 0 Å². The molecule has 9 heteroatoms. The van der Waals surface area contributed by atoms with Crippen LogP contribution in [0.15, 0.2) is 132 Å². The Hall–Kier alpha value is -5.64. The quantitative estimate of drug-likeness (QED) is 0.123. The normalized spacial score (nSPS) is 12.1. The standard InChI is InChI=1S/C39H36FN5O3/c1-45(2)21-11-20-34(46)43-32-19-10-17-30(23-32)35-36-38(41-26-42-39(36)48-37(35)29-15-7-4-8-16-29)44-33(28-13-5-3-6-14-28)25-47-24-27-12-9-18-31(40)22-27/h3-20,22-23,26,33H,21,24-25H2,1-2H3,(H,43,46)(H,41,42,44)/b20-11+/t33-/m1/s1. The highest BCUT2D eigenvalue weighted by Crippen LogP contribution is 2.43. The Bertz CT molecular complexity index is 2010. The summed E-state index contributed by atoms with van der Waals surface area (Å²) in [7, 11) is 3.89. The third-order valence-electron chi connectivity index (χ3n) is 7.64. The van der Waals surface area contributed by atoms with Gasteiger partial charge in [-0.3, -0.25) is 4.79 Å². The molecule has 4 aromatic carbocycles. The highest BCUT2D eigenvalue weighted by Gasteiger charge is 2.24. The van der Waals surface area contributed by atoms with E-state index in [4.69, 9.17) is 14.1 Å². The molecule has 0 radical (unpaired) electrons. The van der Waals surface area contributed by atoms with Crippen LogP contribution in [-0.4, -0.2) is 48.0 Å². The lowest BCUT2D eigenvalue weighted by molar-refractivity contribution is -0.111. The van der Waals surface area contributed by atoms with Crippen LogP contribution in [-0.2, 0) is 16.1 Å². The number of carbonyl (C=O) groups is 1. The molecule has 0 spiro atoms. The number of anilines is 2. The summed E-state index contributed by atoms with van der Waals surface area (Å²) in [6, 6.07) is 33.5. The SMILES string of the molecule is CN(C)C/C=C/C(=O)Nc1cccc(-c2c(-c3ccccc3)oc3ncnc(N[C@H](COCc4cccc(F)c4)c4ccccc4)c23)c1. The fraction of sp³-hybridized carbons (Fsp3) is 0.154. The number of hydrogen-bond donors (Lipinski definition) is 2. The van der Waals surface area contributed by atoms with Gasteiger partial charge in [0.15, 0.2) is 0 Å². The average Bonchev–Trinajstić information content (AvgIpc) is 3.49. The molecule has 6 rings (SSSR count). The summed E-state index contributed by atoms with van der Waals surface area (Å²) in [5, 5.41) is 7.26. The van der Waals surface area contributed by atoms with Crippen molar-refractivity contribution in [1.82, 2.24) is 14.9 Å². The fourth-order valence-electron chi connectivity index (χ4n) is 5.41. The lowest BCUT2D eigenvalue weighted by Crippen LogP contribution is -2.18. The first-order chi connectivity index (χ1) is 23.4. The maximum atomic E-state index is 13.8. The van der Waals surface area contributed by atoms with Crippen molar-refractivity contribution in [2.24, 2.45) is 0 Å². The Labute approximate surface area is 278 Å². The van der Waals surface area contributed by atoms with E-state index in [1.165, 1.54) is 24.5 Å². The molecule has 6 aromatic rings. The van der Waals surface area contributed by atoms with Crippen LogP contribution < -0.4 is 10.6 Å². The number of benzene rings is 4. The van der Waals surface area contributed by atoms with Crippen molar-refractivity contribution in [2.75, 3.05) is 37.9 Å². The molecule has 0 aliphatic carbocycles. The number of amides is 1. The highest BCUT2D eigenvalue weighted by molar-refractivity contribution is 6.07. The number of carbonyl (C=O) groups excluding carboxylic acids is 1. The van der Waals surface area contributed by atoms with Crippen LogP contribution in [0.2, 0.25) is 0 Å². The van der Waals surface area contributed by atoms with Crippen molar-refractivity contribution in [1.29, 1.82) is 0 Å². The summed E-state index contributed by atoms with van der Waals surface area (Å²) in [4.78, 5) is 23.9. The van der Waals surface area contributed by atoms with Gasteiger partial charge in [-0.2, -0.15) is 0 Å². The number of nitrogens with zero attached hydrogens (tertiary/aromatic N) is 3. The Kier molecular flexibility index (Phi) is 10.3. The van der Waals surface area contributed by atoms with Crippen LogP contribution in [0.5, 0.6) is 0 Å². The maximum Gasteiger partial charge on any atom is 0.248 e. The Balaban J connectivity index is 1.38. The van der Waals surface area contributed by atoms with E-state index in [0.29, 0.717) is 34.9 Å². The molecule has 48 heavy (non-hydrogen) atoms. The van der Waals surface area contributed by atoms with Gasteiger partial charge in [0.1, 0.15) is 23.7 Å². The maximum absolute atomic E-state index is 13.8. The molecule has 0 bridgehead atoms. The minimum Gasteiger partial charge on any atom is -0.437 e. The van der Waals surface area contributed by atoms with Gasteiger partial charge >= 0.3 is 0 Å². The first kappa shape index (κ1) is 32.3. The van der Waals surface area contributed by atoms with Crippen LogP contribution in [0.1, 0.15) is 17.2 Å². The molecule has 2 aromatic heterocycles. The van der Waals surface area contributed by atoms with Gasteiger partial charge in [0.25, 0.3) is 0 Å². The van der Waals surface area contributed by atoms with Crippen molar-refractivity contribution in [3.8, 4) is 22.5 Å². The third kappa shape index (κ3) is 8.01. The van der Waals surface area contributed by atoms with Gasteiger partial charge in [-0.15, -0.1) is 0 Å². The summed E-state index contributed by atoms with van der Waals surface area (Å²) < 4.78 is 26.4. The van der Waals surface area contributed by atoms with Gasteiger partial charge in [-0.05, 0) is 55.1 Å². The molecule has 0 aliphatic rings. The van der Waals surface area contributed by atoms with E-state index in [1.54, 1.807) is 6.07 Å². The molecule has 0 unspecified atom stereocenters. The number of fused-ring (bicyclic) bond motifs is 1. The van der Waals surface area contributed by atoms with Gasteiger partial charge < -0.3 is 24.7 Å². The largest absolute Gasteiger partial charge is 0.437 e. The fourth-order valence-corrected chi connectivity index (χ4v) is 5.41. The number of likely N-dealkylation sites (N-methyl/N-ethyl adjacent to an activating group) is 1. The summed E-state index contributed by atoms with van der Waals surface area (Å²) in [5.74, 6) is 0.666. The first-order valence-corrected chi connectivity index (χ1v) is 15.6. The number of ether oxygens (including phenoxy) is 1. The van der Waals surface area contributed by atoms with Crippen molar-refractivity contribution >= 4 is 28.5 Å². The molecule has 0 saturated carbocycles. The van der Waals surface area contributed by atoms with Gasteiger partial charge in [-0.25, -0.2) is 14.4 Å². The van der Waals surface area contributed by atoms with Crippen molar-refractivity contribution in [3.63, 3.8) is 0 Å². The predicted octanol–water partition coefficient (Wildman–Crippen LogP) is 8.12. The number of aromatic nitrogens is 2. The lowest BCUT2D eigenvalue weighted by Gasteiger charge is -2.21. The predicted molar refractivity (Wildman–Crippen MR) is 188 cm³/mol. The average molecular weight is 642 g/mol. The second kappa shape index (κ2) is 15.3. The van der Waals surface area contributed by atoms with Crippen molar-refractivity contribution < 1.29 is 18.3 Å². The molecule has 8 nitrogen and oxygen atoms in total. The molecule has 0 saturated heterocycles. The molecule has 1 amide bonds. The lowest BCUT2D eigenvalue weighted by atomic mass is 9.98. The second-order valence-corrected chi connectivity index (χ2v) is 11.6. The zero-order valence-corrected chi connectivity index (χ0v) is 26.8. The summed E-state index contributed by atoms with van der Waals surface area (Å²) in [6.45, 7) is 1.19. The van der Waals surface area contributed by atoms with Crippen LogP contribution in [0.25, 0.3) is 33.6 Å². The van der Waals surface area contributed by atoms with E-state index in [0.717, 1.165) is 27.8 Å². The van der Waals surface area contributed by atoms with Crippen LogP contribution in [0.4, 0.5) is 15.9 Å². The molecular weight excluding hydrogens is 605 g/mol. The zero-order chi connectivity index (χ0) is 33.3. The van der Waals surface area contributed by atoms with E-state index in [-0.39, 0.29) is 31.0 Å². The Morgan fingerprint density at radius 2 is 1.67 bits per heavy atom. The van der Waals surface area contributed by atoms with Gasteiger partial charge in [0.2, 0.25) is 11.6 Å². The van der Waals surface area contributed by atoms with Crippen LogP contribution in [0, 0.1) is 5.82 Å². The first-order valence-electron chi connectivity index (χ1n) is 15.6. The van der Waals surface area contributed by atoms with Crippen LogP contribution in [0.3, 0.4) is 0 Å². The number of rotatable bonds is 13. The van der Waals surface area contributed by atoms with E-state index in [2.05, 4.69) is 15.6 Å². The summed E-state index contributed by atoms with van der Waals surface area (Å²) in [6.07, 6.45) is 4.82. The summed E-state index contributed by atoms with van der Waals surface area (Å²) >= 11 is 0.